The normalized spacial score (nSPS) is 21.2. The zero-order chi connectivity index (χ0) is 27.9. The van der Waals surface area contributed by atoms with Crippen LogP contribution in [0.1, 0.15) is 41.8 Å². The first-order valence-corrected chi connectivity index (χ1v) is 12.7. The Morgan fingerprint density at radius 2 is 1.90 bits per heavy atom. The Morgan fingerprint density at radius 1 is 1.07 bits per heavy atom. The lowest BCUT2D eigenvalue weighted by Crippen LogP contribution is -2.29. The Bertz CT molecular complexity index is 1840. The van der Waals surface area contributed by atoms with Crippen molar-refractivity contribution in [1.82, 2.24) is 24.5 Å². The molecule has 8 nitrogen and oxygen atoms in total. The second-order valence-electron chi connectivity index (χ2n) is 10.1. The first-order chi connectivity index (χ1) is 19.1. The van der Waals surface area contributed by atoms with Gasteiger partial charge in [-0.15, -0.1) is 5.10 Å². The van der Waals surface area contributed by atoms with E-state index in [1.54, 1.807) is 22.9 Å². The number of nitrogens with two attached hydrogens (primary N) is 1. The number of aliphatic imine (C=N–C) groups is 1. The molecule has 2 N–H and O–H groups in total. The minimum atomic E-state index is -4.65. The highest BCUT2D eigenvalue weighted by atomic mass is 35.5. The molecule has 1 saturated carbocycles. The minimum Gasteiger partial charge on any atom is -0.384 e. The van der Waals surface area contributed by atoms with Crippen molar-refractivity contribution in [2.24, 2.45) is 10.9 Å². The van der Waals surface area contributed by atoms with Gasteiger partial charge in [-0.3, -0.25) is 9.79 Å². The van der Waals surface area contributed by atoms with Gasteiger partial charge in [-0.05, 0) is 59.9 Å². The first kappa shape index (κ1) is 24.7. The average molecular weight is 568 g/mol. The average Bonchev–Trinajstić information content (AvgIpc) is 3.22. The van der Waals surface area contributed by atoms with Gasteiger partial charge in [0.1, 0.15) is 5.82 Å². The van der Waals surface area contributed by atoms with Crippen LogP contribution in [0.2, 0.25) is 5.02 Å². The van der Waals surface area contributed by atoms with E-state index in [0.29, 0.717) is 39.4 Å². The van der Waals surface area contributed by atoms with Crippen LogP contribution >= 0.6 is 11.6 Å². The third-order valence-electron chi connectivity index (χ3n) is 7.62. The summed E-state index contributed by atoms with van der Waals surface area (Å²) >= 11 is 6.25. The summed E-state index contributed by atoms with van der Waals surface area (Å²) in [6.45, 7) is 0. The molecule has 0 bridgehead atoms. The summed E-state index contributed by atoms with van der Waals surface area (Å²) < 4.78 is 56.6. The predicted molar refractivity (Wildman–Crippen MR) is 140 cm³/mol. The van der Waals surface area contributed by atoms with Crippen molar-refractivity contribution < 1.29 is 17.6 Å². The lowest BCUT2D eigenvalue weighted by molar-refractivity contribution is -0.141. The molecule has 1 aliphatic carbocycles. The fourth-order valence-electron chi connectivity index (χ4n) is 5.76. The number of pyridine rings is 2. The Kier molecular flexibility index (Phi) is 5.30. The van der Waals surface area contributed by atoms with Crippen molar-refractivity contribution >= 4 is 28.7 Å². The van der Waals surface area contributed by atoms with E-state index >= 15 is 0 Å². The van der Waals surface area contributed by atoms with Crippen molar-refractivity contribution in [2.75, 3.05) is 5.73 Å². The summed E-state index contributed by atoms with van der Waals surface area (Å²) in [6, 6.07) is 10.8. The van der Waals surface area contributed by atoms with E-state index in [1.807, 2.05) is 6.07 Å². The fourth-order valence-corrected chi connectivity index (χ4v) is 5.93. The van der Waals surface area contributed by atoms with Crippen LogP contribution < -0.4 is 11.3 Å². The molecular weight excluding hydrogens is 550 g/mol. The molecule has 3 aliphatic rings. The number of anilines is 1. The number of benzene rings is 1. The number of alkyl halides is 3. The van der Waals surface area contributed by atoms with E-state index in [-0.39, 0.29) is 29.3 Å². The SMILES string of the molecule is Nc1ccc(C2=CN=C([C@@H]3[C@H]4C[C@H]4c4cc(-c5cc(Cl)ccc5-n5cc(C(F)(F)F)nn5)cc(=O)n43)C2)c(F)n1. The standard InChI is InChI=1S/C27H18ClF4N7O/c28-14-1-3-20(38-11-22(36-37-38)27(30,31)32)16(8-14)12-6-21-17-9-18(17)25(39(21)24(40)7-12)19-5-13(10-34-19)15-2-4-23(33)35-26(15)29/h1-4,6-8,10-11,17-18,25H,5,9H2,(H2,33,35)/t17-,18+,25+/m1/s1. The summed E-state index contributed by atoms with van der Waals surface area (Å²) in [4.78, 5) is 21.8. The number of halogens is 5. The molecule has 4 aromatic rings. The number of nitrogen functional groups attached to an aromatic ring is 1. The molecule has 3 aromatic heterocycles. The number of fused-ring (bicyclic) bond motifs is 3. The van der Waals surface area contributed by atoms with Crippen LogP contribution in [-0.4, -0.2) is 30.3 Å². The molecule has 3 atom stereocenters. The van der Waals surface area contributed by atoms with Crippen LogP contribution in [0, 0.1) is 11.9 Å². The van der Waals surface area contributed by atoms with Gasteiger partial charge in [-0.25, -0.2) is 9.67 Å². The van der Waals surface area contributed by atoms with Crippen LogP contribution in [0.5, 0.6) is 0 Å². The van der Waals surface area contributed by atoms with Gasteiger partial charge in [0.2, 0.25) is 5.95 Å². The third-order valence-corrected chi connectivity index (χ3v) is 7.85. The molecule has 1 aromatic carbocycles. The van der Waals surface area contributed by atoms with E-state index < -0.39 is 17.8 Å². The van der Waals surface area contributed by atoms with Crippen molar-refractivity contribution in [2.45, 2.75) is 31.0 Å². The maximum Gasteiger partial charge on any atom is 0.436 e. The van der Waals surface area contributed by atoms with Gasteiger partial charge in [-0.2, -0.15) is 17.6 Å². The molecule has 0 spiro atoms. The lowest BCUT2D eigenvalue weighted by Gasteiger charge is -2.20. The maximum atomic E-state index is 14.4. The monoisotopic (exact) mass is 567 g/mol. The minimum absolute atomic E-state index is 0.0846. The van der Waals surface area contributed by atoms with Gasteiger partial charge in [0.25, 0.3) is 5.56 Å². The zero-order valence-electron chi connectivity index (χ0n) is 20.4. The van der Waals surface area contributed by atoms with Crippen LogP contribution in [-0.2, 0) is 6.18 Å². The van der Waals surface area contributed by atoms with Crippen LogP contribution in [0.15, 0.2) is 64.6 Å². The molecule has 1 fully saturated rings. The molecule has 40 heavy (non-hydrogen) atoms. The lowest BCUT2D eigenvalue weighted by atomic mass is 9.98. The number of nitrogens with zero attached hydrogens (tertiary/aromatic N) is 6. The fraction of sp³-hybridized carbons (Fsp3) is 0.222. The number of aromatic nitrogens is 5. The Hall–Kier alpha value is -4.32. The molecule has 2 aliphatic heterocycles. The Labute approximate surface area is 228 Å². The third kappa shape index (κ3) is 3.93. The summed E-state index contributed by atoms with van der Waals surface area (Å²) in [5, 5.41) is 7.25. The molecule has 7 rings (SSSR count). The summed E-state index contributed by atoms with van der Waals surface area (Å²) in [6.07, 6.45) is -1.02. The van der Waals surface area contributed by atoms with E-state index in [2.05, 4.69) is 20.3 Å². The maximum absolute atomic E-state index is 14.4. The molecule has 202 valence electrons. The van der Waals surface area contributed by atoms with Gasteiger partial charge in [0.05, 0.1) is 17.9 Å². The molecule has 0 radical (unpaired) electrons. The smallest absolute Gasteiger partial charge is 0.384 e. The molecule has 5 heterocycles. The molecule has 13 heteroatoms. The Balaban J connectivity index is 1.24. The van der Waals surface area contributed by atoms with Gasteiger partial charge in [0.15, 0.2) is 5.69 Å². The highest BCUT2D eigenvalue weighted by Gasteiger charge is 2.54. The first-order valence-electron chi connectivity index (χ1n) is 12.3. The highest BCUT2D eigenvalue weighted by Crippen LogP contribution is 2.60. The number of allylic oxidation sites excluding steroid dienone is 1. The van der Waals surface area contributed by atoms with Crippen molar-refractivity contribution in [3.8, 4) is 16.8 Å². The highest BCUT2D eigenvalue weighted by molar-refractivity contribution is 6.31. The van der Waals surface area contributed by atoms with Gasteiger partial charge in [-0.1, -0.05) is 16.8 Å². The molecule has 0 unspecified atom stereocenters. The van der Waals surface area contributed by atoms with E-state index in [0.717, 1.165) is 28.7 Å². The zero-order valence-corrected chi connectivity index (χ0v) is 21.2. The topological polar surface area (TPSA) is 104 Å². The number of rotatable bonds is 4. The van der Waals surface area contributed by atoms with E-state index in [4.69, 9.17) is 17.3 Å². The summed E-state index contributed by atoms with van der Waals surface area (Å²) in [7, 11) is 0. The van der Waals surface area contributed by atoms with Crippen molar-refractivity contribution in [1.29, 1.82) is 0 Å². The van der Waals surface area contributed by atoms with E-state index in [1.165, 1.54) is 24.3 Å². The predicted octanol–water partition coefficient (Wildman–Crippen LogP) is 5.43. The summed E-state index contributed by atoms with van der Waals surface area (Å²) in [5.41, 5.74) is 7.96. The second-order valence-corrected chi connectivity index (χ2v) is 10.5. The van der Waals surface area contributed by atoms with Crippen LogP contribution in [0.25, 0.3) is 22.4 Å². The number of hydrogen-bond acceptors (Lipinski definition) is 6. The second kappa shape index (κ2) is 8.59. The molecular formula is C27H18ClF4N7O. The summed E-state index contributed by atoms with van der Waals surface area (Å²) in [5.74, 6) is -0.286. The van der Waals surface area contributed by atoms with Gasteiger partial charge >= 0.3 is 6.18 Å². The van der Waals surface area contributed by atoms with Crippen LogP contribution in [0.3, 0.4) is 0 Å². The number of hydrogen-bond donors (Lipinski definition) is 1. The quantitative estimate of drug-likeness (QED) is 0.262. The van der Waals surface area contributed by atoms with Gasteiger partial charge in [0, 0.05) is 52.2 Å². The van der Waals surface area contributed by atoms with Crippen LogP contribution in [0.4, 0.5) is 23.4 Å². The molecule has 0 saturated heterocycles. The van der Waals surface area contributed by atoms with Crippen molar-refractivity contribution in [3.63, 3.8) is 0 Å². The van der Waals surface area contributed by atoms with Gasteiger partial charge < -0.3 is 10.3 Å². The Morgan fingerprint density at radius 3 is 2.65 bits per heavy atom. The largest absolute Gasteiger partial charge is 0.436 e. The molecule has 0 amide bonds. The van der Waals surface area contributed by atoms with Crippen molar-refractivity contribution in [3.05, 3.63) is 93.1 Å². The van der Waals surface area contributed by atoms with E-state index in [9.17, 15) is 22.4 Å².